The Morgan fingerprint density at radius 1 is 1.42 bits per heavy atom. The molecule has 2 heterocycles. The van der Waals surface area contributed by atoms with Crippen molar-refractivity contribution in [2.24, 2.45) is 0 Å². The van der Waals surface area contributed by atoms with E-state index in [0.29, 0.717) is 30.7 Å². The first-order chi connectivity index (χ1) is 12.4. The molecule has 0 aromatic carbocycles. The van der Waals surface area contributed by atoms with Crippen molar-refractivity contribution < 1.29 is 9.47 Å². The lowest BCUT2D eigenvalue weighted by Gasteiger charge is -2.39. The molecule has 1 fully saturated rings. The number of pyridine rings is 1. The normalized spacial score (nSPS) is 18.0. The van der Waals surface area contributed by atoms with Crippen molar-refractivity contribution in [2.75, 3.05) is 38.8 Å². The van der Waals surface area contributed by atoms with E-state index >= 15 is 0 Å². The van der Waals surface area contributed by atoms with E-state index < -0.39 is 0 Å². The first-order valence-corrected chi connectivity index (χ1v) is 8.70. The zero-order chi connectivity index (χ0) is 19.3. The molecule has 0 bridgehead atoms. The van der Waals surface area contributed by atoms with Crippen molar-refractivity contribution >= 4 is 17.8 Å². The lowest BCUT2D eigenvalue weighted by molar-refractivity contribution is -0.0132. The largest absolute Gasteiger partial charge is 0.380 e. The zero-order valence-corrected chi connectivity index (χ0v) is 16.0. The second-order valence-corrected chi connectivity index (χ2v) is 6.78. The van der Waals surface area contributed by atoms with Crippen LogP contribution in [-0.2, 0) is 9.47 Å². The van der Waals surface area contributed by atoms with Crippen LogP contribution in [0, 0.1) is 11.3 Å². The van der Waals surface area contributed by atoms with E-state index in [0.717, 1.165) is 23.6 Å². The van der Waals surface area contributed by atoms with Crippen molar-refractivity contribution in [2.45, 2.75) is 32.3 Å². The average Bonchev–Trinajstić information content (AvgIpc) is 2.63. The third-order valence-electron chi connectivity index (χ3n) is 4.97. The molecule has 6 nitrogen and oxygen atoms in total. The number of aromatic amines is 1. The Morgan fingerprint density at radius 3 is 2.58 bits per heavy atom. The van der Waals surface area contributed by atoms with E-state index in [1.54, 1.807) is 14.2 Å². The lowest BCUT2D eigenvalue weighted by Crippen LogP contribution is -2.49. The molecule has 1 aromatic rings. The fourth-order valence-corrected chi connectivity index (χ4v) is 3.27. The van der Waals surface area contributed by atoms with Crippen molar-refractivity contribution in [1.29, 1.82) is 5.26 Å². The molecular formula is C20H27N3O3. The predicted molar refractivity (Wildman–Crippen MR) is 104 cm³/mol. The lowest BCUT2D eigenvalue weighted by atomic mass is 9.92. The van der Waals surface area contributed by atoms with Gasteiger partial charge in [0.25, 0.3) is 5.56 Å². The van der Waals surface area contributed by atoms with Gasteiger partial charge in [-0.2, -0.15) is 5.26 Å². The van der Waals surface area contributed by atoms with Crippen LogP contribution < -0.4 is 21.0 Å². The molecule has 0 radical (unpaired) electrons. The maximum absolute atomic E-state index is 12.4. The van der Waals surface area contributed by atoms with Gasteiger partial charge in [0, 0.05) is 37.9 Å². The Hall–Kier alpha value is -2.36. The van der Waals surface area contributed by atoms with Crippen molar-refractivity contribution in [3.63, 3.8) is 0 Å². The second-order valence-electron chi connectivity index (χ2n) is 6.78. The summed E-state index contributed by atoms with van der Waals surface area (Å²) in [5.41, 5.74) is 1.03. The summed E-state index contributed by atoms with van der Waals surface area (Å²) in [7, 11) is 3.33. The number of rotatable bonds is 5. The number of nitrogens with zero attached hydrogens (tertiary/aromatic N) is 2. The number of hydrogen-bond acceptors (Lipinski definition) is 5. The highest BCUT2D eigenvalue weighted by Gasteiger charge is 2.31. The van der Waals surface area contributed by atoms with E-state index in [9.17, 15) is 10.1 Å². The van der Waals surface area contributed by atoms with Gasteiger partial charge < -0.3 is 19.4 Å². The van der Waals surface area contributed by atoms with E-state index in [4.69, 9.17) is 9.47 Å². The first kappa shape index (κ1) is 20.0. The molecule has 1 aliphatic heterocycles. The van der Waals surface area contributed by atoms with Crippen LogP contribution in [0.2, 0.25) is 0 Å². The van der Waals surface area contributed by atoms with Gasteiger partial charge in [-0.3, -0.25) is 4.79 Å². The van der Waals surface area contributed by atoms with Crippen LogP contribution in [-0.4, -0.2) is 44.5 Å². The van der Waals surface area contributed by atoms with Gasteiger partial charge in [0.15, 0.2) is 0 Å². The summed E-state index contributed by atoms with van der Waals surface area (Å²) in [5, 5.41) is 11.1. The summed E-state index contributed by atoms with van der Waals surface area (Å²) < 4.78 is 10.8. The fourth-order valence-electron chi connectivity index (χ4n) is 3.27. The summed E-state index contributed by atoms with van der Waals surface area (Å²) in [4.78, 5) is 17.3. The number of hydrogen-bond donors (Lipinski definition) is 1. The maximum atomic E-state index is 12.4. The third kappa shape index (κ3) is 4.06. The van der Waals surface area contributed by atoms with E-state index in [2.05, 4.69) is 29.5 Å². The van der Waals surface area contributed by atoms with Gasteiger partial charge in [0.2, 0.25) is 0 Å². The number of piperidine rings is 1. The van der Waals surface area contributed by atoms with Crippen LogP contribution in [0.4, 0.5) is 5.69 Å². The van der Waals surface area contributed by atoms with Crippen LogP contribution >= 0.6 is 0 Å². The standard InChI is InChI=1S/C20H27N3O3/c1-6-17-15(11-14(2)13-25-4)18(16(12-21)19(24)22-17)23-9-7-20(3,26-5)8-10-23/h6,11H,2,7-10,13H2,1,3-5H3,(H,22,24)/b15-11+,17-6+. The molecule has 1 aromatic heterocycles. The number of anilines is 1. The smallest absolute Gasteiger partial charge is 0.268 e. The molecule has 0 saturated carbocycles. The topological polar surface area (TPSA) is 78.4 Å². The Kier molecular flexibility index (Phi) is 6.41. The van der Waals surface area contributed by atoms with Gasteiger partial charge >= 0.3 is 0 Å². The number of H-pyrrole nitrogens is 1. The molecule has 140 valence electrons. The van der Waals surface area contributed by atoms with Crippen LogP contribution in [0.3, 0.4) is 0 Å². The van der Waals surface area contributed by atoms with Crippen LogP contribution in [0.25, 0.3) is 12.2 Å². The van der Waals surface area contributed by atoms with Gasteiger partial charge in [-0.15, -0.1) is 0 Å². The van der Waals surface area contributed by atoms with Crippen LogP contribution in [0.15, 0.2) is 16.9 Å². The molecule has 0 atom stereocenters. The number of methoxy groups -OCH3 is 2. The van der Waals surface area contributed by atoms with Crippen LogP contribution in [0.5, 0.6) is 0 Å². The summed E-state index contributed by atoms with van der Waals surface area (Å²) in [6.07, 6.45) is 5.37. The molecular weight excluding hydrogens is 330 g/mol. The minimum atomic E-state index is -0.370. The summed E-state index contributed by atoms with van der Waals surface area (Å²) in [5.74, 6) is 0. The first-order valence-electron chi connectivity index (χ1n) is 8.70. The Labute approximate surface area is 154 Å². The molecule has 1 aliphatic rings. The number of ether oxygens (including phenoxy) is 2. The number of nitriles is 1. The Morgan fingerprint density at radius 2 is 2.08 bits per heavy atom. The second kappa shape index (κ2) is 8.35. The molecule has 1 saturated heterocycles. The molecule has 2 rings (SSSR count). The van der Waals surface area contributed by atoms with Gasteiger partial charge in [0.1, 0.15) is 11.6 Å². The Bertz CT molecular complexity index is 885. The van der Waals surface area contributed by atoms with Crippen molar-refractivity contribution in [3.05, 3.63) is 38.6 Å². The molecule has 0 aliphatic carbocycles. The molecule has 1 N–H and O–H groups in total. The van der Waals surface area contributed by atoms with E-state index in [1.165, 1.54) is 0 Å². The fraction of sp³-hybridized carbons (Fsp3) is 0.500. The quantitative estimate of drug-likeness (QED) is 0.852. The van der Waals surface area contributed by atoms with E-state index in [1.807, 2.05) is 19.1 Å². The summed E-state index contributed by atoms with van der Waals surface area (Å²) in [6, 6.07) is 2.08. The molecule has 6 heteroatoms. The minimum Gasteiger partial charge on any atom is -0.380 e. The monoisotopic (exact) mass is 357 g/mol. The summed E-state index contributed by atoms with van der Waals surface area (Å²) >= 11 is 0. The number of nitrogens with one attached hydrogen (secondary N) is 1. The molecule has 0 spiro atoms. The molecule has 0 amide bonds. The minimum absolute atomic E-state index is 0.132. The third-order valence-corrected chi connectivity index (χ3v) is 4.97. The van der Waals surface area contributed by atoms with Crippen molar-refractivity contribution in [1.82, 2.24) is 4.98 Å². The number of aromatic nitrogens is 1. The Balaban J connectivity index is 2.67. The predicted octanol–water partition coefficient (Wildman–Crippen LogP) is 1.04. The SMILES string of the molecule is C=C(/C=c1/c(N2CCC(C)(OC)CC2)c(C#N)c(=O)[nH]/c1=C/C)COC. The highest BCUT2D eigenvalue weighted by molar-refractivity contribution is 5.64. The summed E-state index contributed by atoms with van der Waals surface area (Å²) in [6.45, 7) is 9.76. The maximum Gasteiger partial charge on any atom is 0.268 e. The van der Waals surface area contributed by atoms with Gasteiger partial charge in [-0.05, 0) is 38.3 Å². The van der Waals surface area contributed by atoms with Gasteiger partial charge in [0.05, 0.1) is 17.9 Å². The highest BCUT2D eigenvalue weighted by atomic mass is 16.5. The molecule has 26 heavy (non-hydrogen) atoms. The van der Waals surface area contributed by atoms with Gasteiger partial charge in [-0.1, -0.05) is 12.7 Å². The highest BCUT2D eigenvalue weighted by Crippen LogP contribution is 2.27. The zero-order valence-electron chi connectivity index (χ0n) is 16.0. The van der Waals surface area contributed by atoms with Crippen LogP contribution in [0.1, 0.15) is 32.3 Å². The van der Waals surface area contributed by atoms with Crippen molar-refractivity contribution in [3.8, 4) is 6.07 Å². The van der Waals surface area contributed by atoms with Gasteiger partial charge in [-0.25, -0.2) is 0 Å². The van der Waals surface area contributed by atoms with E-state index in [-0.39, 0.29) is 16.7 Å². The molecule has 0 unspecified atom stereocenters. The average molecular weight is 357 g/mol.